The van der Waals surface area contributed by atoms with E-state index in [9.17, 15) is 13.7 Å². The minimum atomic E-state index is -3.65. The van der Waals surface area contributed by atoms with Gasteiger partial charge in [0, 0.05) is 5.56 Å². The van der Waals surface area contributed by atoms with Gasteiger partial charge in [-0.1, -0.05) is 37.1 Å². The Bertz CT molecular complexity index is 659. The lowest BCUT2D eigenvalue weighted by atomic mass is 9.91. The molecule has 0 aromatic heterocycles. The Kier molecular flexibility index (Phi) is 5.22. The maximum Gasteiger partial charge on any atom is 0.264 e. The fraction of sp³-hybridized carbons (Fsp3) is 0.562. The third kappa shape index (κ3) is 4.07. The SMILES string of the molecule is Cc1ccccc1C(C#N)(COS(C)(=O)=O)OC1CCCC1. The van der Waals surface area contributed by atoms with Crippen LogP contribution in [-0.4, -0.2) is 27.4 Å². The molecule has 2 rings (SSSR count). The maximum absolute atomic E-state index is 11.4. The largest absolute Gasteiger partial charge is 0.350 e. The molecule has 0 N–H and O–H groups in total. The van der Waals surface area contributed by atoms with E-state index in [0.717, 1.165) is 37.5 Å². The normalized spacial score (nSPS) is 18.8. The van der Waals surface area contributed by atoms with Crippen molar-refractivity contribution in [3.63, 3.8) is 0 Å². The predicted octanol–water partition coefficient (Wildman–Crippen LogP) is 2.65. The molecule has 1 aromatic rings. The van der Waals surface area contributed by atoms with E-state index in [1.165, 1.54) is 0 Å². The van der Waals surface area contributed by atoms with Gasteiger partial charge < -0.3 is 4.74 Å². The molecule has 0 amide bonds. The van der Waals surface area contributed by atoms with Gasteiger partial charge in [-0.15, -0.1) is 0 Å². The number of hydrogen-bond acceptors (Lipinski definition) is 5. The van der Waals surface area contributed by atoms with Crippen molar-refractivity contribution in [2.45, 2.75) is 44.3 Å². The smallest absolute Gasteiger partial charge is 0.264 e. The van der Waals surface area contributed by atoms with Crippen LogP contribution >= 0.6 is 0 Å². The first-order chi connectivity index (χ1) is 10.4. The average molecular weight is 323 g/mol. The van der Waals surface area contributed by atoms with Crippen LogP contribution in [0.4, 0.5) is 0 Å². The highest BCUT2D eigenvalue weighted by Gasteiger charge is 2.39. The molecule has 1 aliphatic rings. The summed E-state index contributed by atoms with van der Waals surface area (Å²) >= 11 is 0. The van der Waals surface area contributed by atoms with Crippen molar-refractivity contribution in [1.82, 2.24) is 0 Å². The number of ether oxygens (including phenoxy) is 1. The molecule has 22 heavy (non-hydrogen) atoms. The molecule has 0 saturated heterocycles. The maximum atomic E-state index is 11.4. The van der Waals surface area contributed by atoms with Crippen molar-refractivity contribution in [3.8, 4) is 6.07 Å². The van der Waals surface area contributed by atoms with Crippen LogP contribution in [0.5, 0.6) is 0 Å². The number of aryl methyl sites for hydroxylation is 1. The third-order valence-electron chi connectivity index (χ3n) is 3.91. The number of rotatable bonds is 6. The molecule has 1 aliphatic carbocycles. The zero-order chi connectivity index (χ0) is 16.2. The van der Waals surface area contributed by atoms with Crippen molar-refractivity contribution < 1.29 is 17.3 Å². The first kappa shape index (κ1) is 16.9. The topological polar surface area (TPSA) is 76.4 Å². The Morgan fingerprint density at radius 2 is 1.95 bits per heavy atom. The van der Waals surface area contributed by atoms with E-state index in [1.807, 2.05) is 25.1 Å². The number of nitrogens with zero attached hydrogens (tertiary/aromatic N) is 1. The Hall–Kier alpha value is -1.42. The van der Waals surface area contributed by atoms with Crippen LogP contribution in [0.15, 0.2) is 24.3 Å². The zero-order valence-corrected chi connectivity index (χ0v) is 13.7. The molecule has 1 atom stereocenters. The monoisotopic (exact) mass is 323 g/mol. The second kappa shape index (κ2) is 6.78. The summed E-state index contributed by atoms with van der Waals surface area (Å²) in [6.45, 7) is 1.55. The Morgan fingerprint density at radius 1 is 1.32 bits per heavy atom. The molecule has 0 spiro atoms. The highest BCUT2D eigenvalue weighted by atomic mass is 32.2. The quantitative estimate of drug-likeness (QED) is 0.752. The summed E-state index contributed by atoms with van der Waals surface area (Å²) in [5, 5.41) is 9.76. The fourth-order valence-corrected chi connectivity index (χ4v) is 3.18. The molecule has 0 aliphatic heterocycles. The van der Waals surface area contributed by atoms with Gasteiger partial charge in [0.15, 0.2) is 0 Å². The number of benzene rings is 1. The summed E-state index contributed by atoms with van der Waals surface area (Å²) in [5.74, 6) is 0. The highest BCUT2D eigenvalue weighted by molar-refractivity contribution is 7.85. The zero-order valence-electron chi connectivity index (χ0n) is 12.9. The van der Waals surface area contributed by atoms with E-state index in [4.69, 9.17) is 8.92 Å². The Balaban J connectivity index is 2.37. The van der Waals surface area contributed by atoms with Crippen LogP contribution in [0.2, 0.25) is 0 Å². The van der Waals surface area contributed by atoms with E-state index in [-0.39, 0.29) is 12.7 Å². The van der Waals surface area contributed by atoms with Gasteiger partial charge in [0.25, 0.3) is 10.1 Å². The molecular formula is C16H21NO4S. The van der Waals surface area contributed by atoms with Crippen LogP contribution in [-0.2, 0) is 24.6 Å². The molecule has 6 heteroatoms. The third-order valence-corrected chi connectivity index (χ3v) is 4.45. The molecule has 1 unspecified atom stereocenters. The van der Waals surface area contributed by atoms with Gasteiger partial charge in [-0.3, -0.25) is 4.18 Å². The van der Waals surface area contributed by atoms with Crippen LogP contribution < -0.4 is 0 Å². The molecular weight excluding hydrogens is 302 g/mol. The lowest BCUT2D eigenvalue weighted by Crippen LogP contribution is -2.38. The molecule has 0 heterocycles. The van der Waals surface area contributed by atoms with Gasteiger partial charge in [-0.05, 0) is 25.3 Å². The van der Waals surface area contributed by atoms with Crippen LogP contribution in [0.25, 0.3) is 0 Å². The van der Waals surface area contributed by atoms with Gasteiger partial charge in [0.1, 0.15) is 12.7 Å². The standard InChI is InChI=1S/C16H21NO4S/c1-13-7-3-6-10-15(13)16(11-17,12-20-22(2,18)19)21-14-8-4-5-9-14/h3,6-7,10,14H,4-5,8-9,12H2,1-2H3. The minimum Gasteiger partial charge on any atom is -0.350 e. The lowest BCUT2D eigenvalue weighted by molar-refractivity contribution is -0.0809. The van der Waals surface area contributed by atoms with E-state index in [2.05, 4.69) is 6.07 Å². The van der Waals surface area contributed by atoms with E-state index < -0.39 is 15.7 Å². The molecule has 1 saturated carbocycles. The van der Waals surface area contributed by atoms with Gasteiger partial charge >= 0.3 is 0 Å². The van der Waals surface area contributed by atoms with Crippen molar-refractivity contribution >= 4 is 10.1 Å². The fourth-order valence-electron chi connectivity index (χ4n) is 2.80. The second-order valence-corrected chi connectivity index (χ2v) is 7.39. The molecule has 1 aromatic carbocycles. The lowest BCUT2D eigenvalue weighted by Gasteiger charge is -2.31. The van der Waals surface area contributed by atoms with E-state index >= 15 is 0 Å². The van der Waals surface area contributed by atoms with Gasteiger partial charge in [0.2, 0.25) is 5.60 Å². The number of nitriles is 1. The second-order valence-electron chi connectivity index (χ2n) is 5.74. The summed E-state index contributed by atoms with van der Waals surface area (Å²) in [6.07, 6.45) is 4.83. The summed E-state index contributed by atoms with van der Waals surface area (Å²) < 4.78 is 33.7. The van der Waals surface area contributed by atoms with Crippen molar-refractivity contribution in [2.75, 3.05) is 12.9 Å². The first-order valence-electron chi connectivity index (χ1n) is 7.36. The molecule has 0 radical (unpaired) electrons. The molecule has 1 fully saturated rings. The van der Waals surface area contributed by atoms with E-state index in [1.54, 1.807) is 6.07 Å². The van der Waals surface area contributed by atoms with Crippen LogP contribution in [0.1, 0.15) is 36.8 Å². The number of hydrogen-bond donors (Lipinski definition) is 0. The van der Waals surface area contributed by atoms with Gasteiger partial charge in [0.05, 0.1) is 12.4 Å². The Morgan fingerprint density at radius 3 is 2.50 bits per heavy atom. The minimum absolute atomic E-state index is 0.0394. The summed E-state index contributed by atoms with van der Waals surface area (Å²) in [6, 6.07) is 9.51. The summed E-state index contributed by atoms with van der Waals surface area (Å²) in [4.78, 5) is 0. The summed E-state index contributed by atoms with van der Waals surface area (Å²) in [7, 11) is -3.65. The average Bonchev–Trinajstić information content (AvgIpc) is 2.96. The summed E-state index contributed by atoms with van der Waals surface area (Å²) in [5.41, 5.74) is 0.135. The van der Waals surface area contributed by atoms with Crippen LogP contribution in [0.3, 0.4) is 0 Å². The van der Waals surface area contributed by atoms with Gasteiger partial charge in [-0.2, -0.15) is 13.7 Å². The van der Waals surface area contributed by atoms with Crippen molar-refractivity contribution in [2.24, 2.45) is 0 Å². The van der Waals surface area contributed by atoms with Gasteiger partial charge in [-0.25, -0.2) is 0 Å². The Labute approximate surface area is 132 Å². The van der Waals surface area contributed by atoms with E-state index in [0.29, 0.717) is 5.56 Å². The first-order valence-corrected chi connectivity index (χ1v) is 9.17. The van der Waals surface area contributed by atoms with Crippen molar-refractivity contribution in [1.29, 1.82) is 5.26 Å². The van der Waals surface area contributed by atoms with Crippen molar-refractivity contribution in [3.05, 3.63) is 35.4 Å². The molecule has 120 valence electrons. The van der Waals surface area contributed by atoms with Crippen LogP contribution in [0, 0.1) is 18.3 Å². The molecule has 5 nitrogen and oxygen atoms in total. The molecule has 0 bridgehead atoms. The highest BCUT2D eigenvalue weighted by Crippen LogP contribution is 2.34. The predicted molar refractivity (Wildman–Crippen MR) is 82.6 cm³/mol.